The molecule has 0 heterocycles. The van der Waals surface area contributed by atoms with Gasteiger partial charge >= 0.3 is 0 Å². The summed E-state index contributed by atoms with van der Waals surface area (Å²) in [6.45, 7) is 2.30. The molecule has 0 aliphatic heterocycles. The van der Waals surface area contributed by atoms with Crippen molar-refractivity contribution in [1.82, 2.24) is 5.32 Å². The van der Waals surface area contributed by atoms with E-state index < -0.39 is 0 Å². The highest BCUT2D eigenvalue weighted by molar-refractivity contribution is 8.00. The molecule has 0 amide bonds. The minimum atomic E-state index is -0.354. The van der Waals surface area contributed by atoms with Gasteiger partial charge in [0.05, 0.1) is 4.92 Å². The van der Waals surface area contributed by atoms with Crippen molar-refractivity contribution in [2.45, 2.75) is 42.4 Å². The molecule has 1 N–H and O–H groups in total. The molecule has 0 bridgehead atoms. The number of hydrogen-bond acceptors (Lipinski definition) is 4. The fourth-order valence-electron chi connectivity index (χ4n) is 2.61. The number of non-ortho nitro benzene ring substituents is 1. The van der Waals surface area contributed by atoms with E-state index in [1.807, 2.05) is 30.9 Å². The molecule has 19 heavy (non-hydrogen) atoms. The van der Waals surface area contributed by atoms with Gasteiger partial charge in [-0.15, -0.1) is 11.8 Å². The topological polar surface area (TPSA) is 55.2 Å². The molecule has 1 aromatic carbocycles. The van der Waals surface area contributed by atoms with Crippen LogP contribution in [0.15, 0.2) is 29.2 Å². The fraction of sp³-hybridized carbons (Fsp3) is 0.571. The standard InChI is InChI=1S/C14H20N2O2S/c1-10-3-8-13(15-2)14(9-10)19-12-6-4-11(5-7-12)16(17)18/h4-7,10,13-15H,3,8-9H2,1-2H3. The molecule has 5 heteroatoms. The third-order valence-corrected chi connectivity index (χ3v) is 5.13. The lowest BCUT2D eigenvalue weighted by molar-refractivity contribution is -0.384. The van der Waals surface area contributed by atoms with Gasteiger partial charge in [-0.3, -0.25) is 10.1 Å². The lowest BCUT2D eigenvalue weighted by Gasteiger charge is -2.34. The van der Waals surface area contributed by atoms with E-state index in [1.54, 1.807) is 12.1 Å². The van der Waals surface area contributed by atoms with Crippen molar-refractivity contribution < 1.29 is 4.92 Å². The van der Waals surface area contributed by atoms with E-state index in [-0.39, 0.29) is 10.6 Å². The number of hydrogen-bond donors (Lipinski definition) is 1. The summed E-state index contributed by atoms with van der Waals surface area (Å²) in [6.07, 6.45) is 3.69. The SMILES string of the molecule is CNC1CCC(C)CC1Sc1ccc([N+](=O)[O-])cc1. The molecule has 1 aliphatic carbocycles. The number of nitrogens with zero attached hydrogens (tertiary/aromatic N) is 1. The Labute approximate surface area is 118 Å². The molecular formula is C14H20N2O2S. The number of rotatable bonds is 4. The molecule has 0 spiro atoms. The molecule has 1 fully saturated rings. The predicted molar refractivity (Wildman–Crippen MR) is 78.6 cm³/mol. The van der Waals surface area contributed by atoms with Crippen LogP contribution >= 0.6 is 11.8 Å². The Morgan fingerprint density at radius 2 is 2.00 bits per heavy atom. The zero-order valence-corrected chi connectivity index (χ0v) is 12.2. The van der Waals surface area contributed by atoms with Crippen LogP contribution in [0.5, 0.6) is 0 Å². The predicted octanol–water partition coefficient (Wildman–Crippen LogP) is 3.46. The van der Waals surface area contributed by atoms with Crippen molar-refractivity contribution in [2.24, 2.45) is 5.92 Å². The fourth-order valence-corrected chi connectivity index (χ4v) is 4.11. The lowest BCUT2D eigenvalue weighted by atomic mass is 9.87. The summed E-state index contributed by atoms with van der Waals surface area (Å²) in [5, 5.41) is 14.6. The highest BCUT2D eigenvalue weighted by Gasteiger charge is 2.28. The Morgan fingerprint density at radius 3 is 2.58 bits per heavy atom. The van der Waals surface area contributed by atoms with Crippen LogP contribution in [0, 0.1) is 16.0 Å². The monoisotopic (exact) mass is 280 g/mol. The van der Waals surface area contributed by atoms with Crippen LogP contribution in [0.4, 0.5) is 5.69 Å². The van der Waals surface area contributed by atoms with Gasteiger partial charge < -0.3 is 5.32 Å². The van der Waals surface area contributed by atoms with E-state index in [9.17, 15) is 10.1 Å². The average molecular weight is 280 g/mol. The molecule has 0 radical (unpaired) electrons. The van der Waals surface area contributed by atoms with Crippen molar-refractivity contribution in [3.05, 3.63) is 34.4 Å². The van der Waals surface area contributed by atoms with E-state index >= 15 is 0 Å². The van der Waals surface area contributed by atoms with Crippen molar-refractivity contribution in [2.75, 3.05) is 7.05 Å². The summed E-state index contributed by atoms with van der Waals surface area (Å²) in [5.41, 5.74) is 0.159. The lowest BCUT2D eigenvalue weighted by Crippen LogP contribution is -2.40. The Morgan fingerprint density at radius 1 is 1.32 bits per heavy atom. The minimum Gasteiger partial charge on any atom is -0.316 e. The summed E-state index contributed by atoms with van der Waals surface area (Å²) in [7, 11) is 2.02. The van der Waals surface area contributed by atoms with Crippen LogP contribution in [-0.4, -0.2) is 23.3 Å². The first-order valence-corrected chi connectivity index (χ1v) is 7.56. The highest BCUT2D eigenvalue weighted by Crippen LogP contribution is 2.36. The third kappa shape index (κ3) is 3.70. The van der Waals surface area contributed by atoms with Crippen molar-refractivity contribution >= 4 is 17.4 Å². The molecule has 3 unspecified atom stereocenters. The van der Waals surface area contributed by atoms with Gasteiger partial charge in [-0.25, -0.2) is 0 Å². The summed E-state index contributed by atoms with van der Waals surface area (Å²) < 4.78 is 0. The van der Waals surface area contributed by atoms with E-state index in [1.165, 1.54) is 19.3 Å². The van der Waals surface area contributed by atoms with Crippen LogP contribution in [-0.2, 0) is 0 Å². The first-order valence-electron chi connectivity index (χ1n) is 6.68. The summed E-state index contributed by atoms with van der Waals surface area (Å²) in [6, 6.07) is 7.42. The normalized spacial score (nSPS) is 27.2. The molecule has 4 nitrogen and oxygen atoms in total. The summed E-state index contributed by atoms with van der Waals surface area (Å²) in [5.74, 6) is 0.764. The smallest absolute Gasteiger partial charge is 0.269 e. The second-order valence-electron chi connectivity index (χ2n) is 5.22. The molecule has 3 atom stereocenters. The van der Waals surface area contributed by atoms with Gasteiger partial charge in [0.2, 0.25) is 0 Å². The number of benzene rings is 1. The zero-order valence-electron chi connectivity index (χ0n) is 11.3. The van der Waals surface area contributed by atoms with E-state index in [4.69, 9.17) is 0 Å². The summed E-state index contributed by atoms with van der Waals surface area (Å²) in [4.78, 5) is 11.4. The van der Waals surface area contributed by atoms with Crippen LogP contribution in [0.25, 0.3) is 0 Å². The molecular weight excluding hydrogens is 260 g/mol. The van der Waals surface area contributed by atoms with Crippen LogP contribution in [0.1, 0.15) is 26.2 Å². The Kier molecular flexibility index (Phi) is 4.82. The van der Waals surface area contributed by atoms with E-state index in [0.717, 1.165) is 10.8 Å². The Hall–Kier alpha value is -1.07. The maximum atomic E-state index is 10.6. The van der Waals surface area contributed by atoms with Gasteiger partial charge in [0, 0.05) is 28.3 Å². The Bertz CT molecular complexity index is 436. The van der Waals surface area contributed by atoms with Crippen molar-refractivity contribution in [3.8, 4) is 0 Å². The van der Waals surface area contributed by atoms with E-state index in [2.05, 4.69) is 12.2 Å². The minimum absolute atomic E-state index is 0.159. The number of nitro benzene ring substituents is 1. The molecule has 1 aliphatic rings. The van der Waals surface area contributed by atoms with Gasteiger partial charge in [-0.05, 0) is 44.4 Å². The van der Waals surface area contributed by atoms with Crippen LogP contribution in [0.2, 0.25) is 0 Å². The van der Waals surface area contributed by atoms with Gasteiger partial charge in [0.25, 0.3) is 5.69 Å². The van der Waals surface area contributed by atoms with Gasteiger partial charge in [-0.1, -0.05) is 6.92 Å². The van der Waals surface area contributed by atoms with E-state index in [0.29, 0.717) is 11.3 Å². The molecule has 2 rings (SSSR count). The zero-order chi connectivity index (χ0) is 13.8. The summed E-state index contributed by atoms with van der Waals surface area (Å²) >= 11 is 1.84. The van der Waals surface area contributed by atoms with Crippen molar-refractivity contribution in [1.29, 1.82) is 0 Å². The number of nitrogens with one attached hydrogen (secondary N) is 1. The number of nitro groups is 1. The van der Waals surface area contributed by atoms with Crippen molar-refractivity contribution in [3.63, 3.8) is 0 Å². The van der Waals surface area contributed by atoms with Crippen LogP contribution < -0.4 is 5.32 Å². The quantitative estimate of drug-likeness (QED) is 0.678. The maximum Gasteiger partial charge on any atom is 0.269 e. The molecule has 1 aromatic rings. The van der Waals surface area contributed by atoms with Gasteiger partial charge in [-0.2, -0.15) is 0 Å². The third-order valence-electron chi connectivity index (χ3n) is 3.76. The molecule has 0 aromatic heterocycles. The largest absolute Gasteiger partial charge is 0.316 e. The van der Waals surface area contributed by atoms with Gasteiger partial charge in [0.1, 0.15) is 0 Å². The second-order valence-corrected chi connectivity index (χ2v) is 6.53. The van der Waals surface area contributed by atoms with Crippen LogP contribution in [0.3, 0.4) is 0 Å². The Balaban J connectivity index is 2.04. The molecule has 0 saturated heterocycles. The second kappa shape index (κ2) is 6.39. The first-order chi connectivity index (χ1) is 9.10. The van der Waals surface area contributed by atoms with Gasteiger partial charge in [0.15, 0.2) is 0 Å². The maximum absolute atomic E-state index is 10.6. The first kappa shape index (κ1) is 14.3. The molecule has 1 saturated carbocycles. The highest BCUT2D eigenvalue weighted by atomic mass is 32.2. The molecule has 104 valence electrons. The average Bonchev–Trinajstić information content (AvgIpc) is 2.39. The number of thioether (sulfide) groups is 1.